The van der Waals surface area contributed by atoms with Crippen LogP contribution in [-0.4, -0.2) is 22.1 Å². The van der Waals surface area contributed by atoms with Gasteiger partial charge in [0.15, 0.2) is 0 Å². The van der Waals surface area contributed by atoms with E-state index in [4.69, 9.17) is 5.11 Å². The van der Waals surface area contributed by atoms with E-state index in [1.807, 2.05) is 0 Å². The van der Waals surface area contributed by atoms with Gasteiger partial charge in [0.2, 0.25) is 0 Å². The number of nitrogens with one attached hydrogen (secondary N) is 1. The zero-order valence-electron chi connectivity index (χ0n) is 8.44. The molecule has 0 fully saturated rings. The third-order valence-electron chi connectivity index (χ3n) is 1.72. The Bertz CT molecular complexity index is 496. The highest BCUT2D eigenvalue weighted by Gasteiger charge is 2.10. The summed E-state index contributed by atoms with van der Waals surface area (Å²) in [5, 5.41) is 20.3. The topological polar surface area (TPSA) is 86.6 Å². The summed E-state index contributed by atoms with van der Waals surface area (Å²) in [7, 11) is 0. The van der Waals surface area contributed by atoms with Crippen LogP contribution >= 0.6 is 0 Å². The second-order valence-electron chi connectivity index (χ2n) is 2.87. The number of amides is 1. The molecule has 16 heavy (non-hydrogen) atoms. The van der Waals surface area contributed by atoms with Crippen LogP contribution in [0.5, 0.6) is 5.75 Å². The minimum atomic E-state index is -1.27. The Hall–Kier alpha value is -2.48. The maximum Gasteiger partial charge on any atom is 0.339 e. The number of carbonyl (C=O) groups excluding carboxylic acids is 1. The maximum absolute atomic E-state index is 11.1. The van der Waals surface area contributed by atoms with Gasteiger partial charge in [0, 0.05) is 5.69 Å². The molecule has 0 unspecified atom stereocenters. The molecule has 1 aromatic rings. The summed E-state index contributed by atoms with van der Waals surface area (Å²) in [5.74, 6) is 2.50. The number of phenols is 1. The lowest BCUT2D eigenvalue weighted by Crippen LogP contribution is -2.09. The third-order valence-corrected chi connectivity index (χ3v) is 1.72. The molecule has 0 atom stereocenters. The lowest BCUT2D eigenvalue weighted by Gasteiger charge is -2.04. The van der Waals surface area contributed by atoms with Gasteiger partial charge >= 0.3 is 5.97 Å². The molecule has 0 radical (unpaired) electrons. The molecule has 0 aromatic heterocycles. The molecule has 0 saturated carbocycles. The lowest BCUT2D eigenvalue weighted by molar-refractivity contribution is -0.111. The number of aromatic hydroxyl groups is 1. The molecule has 5 nitrogen and oxygen atoms in total. The molecular formula is C11H9NO4. The molecule has 0 heterocycles. The van der Waals surface area contributed by atoms with Gasteiger partial charge in [-0.3, -0.25) is 4.79 Å². The van der Waals surface area contributed by atoms with Crippen LogP contribution in [0.2, 0.25) is 0 Å². The predicted octanol–water partition coefficient (Wildman–Crippen LogP) is 1.05. The van der Waals surface area contributed by atoms with Crippen molar-refractivity contribution in [2.75, 3.05) is 5.32 Å². The number of hydrogen-bond acceptors (Lipinski definition) is 3. The van der Waals surface area contributed by atoms with Gasteiger partial charge < -0.3 is 15.5 Å². The van der Waals surface area contributed by atoms with E-state index < -0.39 is 11.9 Å². The summed E-state index contributed by atoms with van der Waals surface area (Å²) in [6, 6.07) is 3.74. The zero-order valence-corrected chi connectivity index (χ0v) is 8.44. The van der Waals surface area contributed by atoms with Crippen LogP contribution in [0.4, 0.5) is 5.69 Å². The van der Waals surface area contributed by atoms with Crippen molar-refractivity contribution < 1.29 is 19.8 Å². The van der Waals surface area contributed by atoms with Crippen molar-refractivity contribution in [3.05, 3.63) is 23.8 Å². The fourth-order valence-corrected chi connectivity index (χ4v) is 1.06. The van der Waals surface area contributed by atoms with E-state index in [1.165, 1.54) is 19.1 Å². The van der Waals surface area contributed by atoms with Crippen LogP contribution in [0, 0.1) is 11.8 Å². The van der Waals surface area contributed by atoms with Gasteiger partial charge in [-0.15, -0.1) is 0 Å². The Kier molecular flexibility index (Phi) is 3.51. The van der Waals surface area contributed by atoms with Gasteiger partial charge in [-0.1, -0.05) is 5.92 Å². The molecular weight excluding hydrogens is 210 g/mol. The summed E-state index contributed by atoms with van der Waals surface area (Å²) in [5.41, 5.74) is -0.00907. The Morgan fingerprint density at radius 2 is 2.06 bits per heavy atom. The number of carboxylic acids is 1. The quantitative estimate of drug-likeness (QED) is 0.512. The smallest absolute Gasteiger partial charge is 0.339 e. The predicted molar refractivity (Wildman–Crippen MR) is 57.1 cm³/mol. The standard InChI is InChI=1S/C11H9NO4/c1-2-3-10(14)12-7-4-5-9(13)8(6-7)11(15)16/h4-6,13H,1H3,(H,12,14)(H,15,16). The van der Waals surface area contributed by atoms with Crippen LogP contribution in [-0.2, 0) is 4.79 Å². The molecule has 1 aromatic carbocycles. The molecule has 0 aliphatic heterocycles. The van der Waals surface area contributed by atoms with E-state index >= 15 is 0 Å². The molecule has 5 heteroatoms. The molecule has 0 bridgehead atoms. The first kappa shape index (κ1) is 11.6. The first-order valence-corrected chi connectivity index (χ1v) is 4.34. The number of anilines is 1. The van der Waals surface area contributed by atoms with Gasteiger partial charge in [0.25, 0.3) is 5.91 Å². The Balaban J connectivity index is 2.98. The van der Waals surface area contributed by atoms with E-state index in [-0.39, 0.29) is 17.0 Å². The molecule has 0 aliphatic carbocycles. The van der Waals surface area contributed by atoms with Crippen LogP contribution in [0.25, 0.3) is 0 Å². The third kappa shape index (κ3) is 2.75. The van der Waals surface area contributed by atoms with Crippen molar-refractivity contribution >= 4 is 17.6 Å². The zero-order chi connectivity index (χ0) is 12.1. The summed E-state index contributed by atoms with van der Waals surface area (Å²) >= 11 is 0. The fraction of sp³-hybridized carbons (Fsp3) is 0.0909. The van der Waals surface area contributed by atoms with Crippen LogP contribution in [0.15, 0.2) is 18.2 Å². The van der Waals surface area contributed by atoms with Gasteiger partial charge in [-0.2, -0.15) is 0 Å². The second-order valence-corrected chi connectivity index (χ2v) is 2.87. The summed E-state index contributed by atoms with van der Waals surface area (Å²) < 4.78 is 0. The average Bonchev–Trinajstić information content (AvgIpc) is 2.21. The minimum Gasteiger partial charge on any atom is -0.507 e. The summed E-state index contributed by atoms with van der Waals surface area (Å²) in [6.07, 6.45) is 0. The molecule has 0 aliphatic rings. The van der Waals surface area contributed by atoms with Crippen LogP contribution in [0.3, 0.4) is 0 Å². The second kappa shape index (κ2) is 4.84. The first-order chi connectivity index (χ1) is 7.54. The van der Waals surface area contributed by atoms with Crippen LogP contribution < -0.4 is 5.32 Å². The number of rotatable bonds is 2. The van der Waals surface area contributed by atoms with E-state index in [9.17, 15) is 14.7 Å². The van der Waals surface area contributed by atoms with E-state index in [2.05, 4.69) is 17.2 Å². The molecule has 0 spiro atoms. The number of carboxylic acid groups (broad SMARTS) is 1. The van der Waals surface area contributed by atoms with E-state index in [0.29, 0.717) is 0 Å². The highest BCUT2D eigenvalue weighted by molar-refractivity contribution is 6.04. The Morgan fingerprint density at radius 1 is 1.38 bits per heavy atom. The lowest BCUT2D eigenvalue weighted by atomic mass is 10.2. The molecule has 1 amide bonds. The van der Waals surface area contributed by atoms with Gasteiger partial charge in [-0.25, -0.2) is 4.79 Å². The first-order valence-electron chi connectivity index (χ1n) is 4.34. The highest BCUT2D eigenvalue weighted by atomic mass is 16.4. The highest BCUT2D eigenvalue weighted by Crippen LogP contribution is 2.21. The largest absolute Gasteiger partial charge is 0.507 e. The summed E-state index contributed by atoms with van der Waals surface area (Å²) in [4.78, 5) is 21.8. The number of benzene rings is 1. The van der Waals surface area contributed by atoms with Crippen molar-refractivity contribution in [1.82, 2.24) is 0 Å². The Morgan fingerprint density at radius 3 is 2.62 bits per heavy atom. The Labute approximate surface area is 91.7 Å². The minimum absolute atomic E-state index is 0.267. The summed E-state index contributed by atoms with van der Waals surface area (Å²) in [6.45, 7) is 1.51. The monoisotopic (exact) mass is 219 g/mol. The number of aromatic carboxylic acids is 1. The van der Waals surface area contributed by atoms with Gasteiger partial charge in [0.05, 0.1) is 0 Å². The van der Waals surface area contributed by atoms with Crippen molar-refractivity contribution in [3.63, 3.8) is 0 Å². The van der Waals surface area contributed by atoms with Crippen molar-refractivity contribution in [2.24, 2.45) is 0 Å². The number of hydrogen-bond donors (Lipinski definition) is 3. The van der Waals surface area contributed by atoms with Crippen molar-refractivity contribution in [1.29, 1.82) is 0 Å². The molecule has 82 valence electrons. The van der Waals surface area contributed by atoms with E-state index in [0.717, 1.165) is 6.07 Å². The normalized spacial score (nSPS) is 8.81. The van der Waals surface area contributed by atoms with Crippen LogP contribution in [0.1, 0.15) is 17.3 Å². The maximum atomic E-state index is 11.1. The van der Waals surface area contributed by atoms with Crippen molar-refractivity contribution in [2.45, 2.75) is 6.92 Å². The fourth-order valence-electron chi connectivity index (χ4n) is 1.06. The van der Waals surface area contributed by atoms with E-state index in [1.54, 1.807) is 0 Å². The molecule has 1 rings (SSSR count). The average molecular weight is 219 g/mol. The molecule has 3 N–H and O–H groups in total. The number of carbonyl (C=O) groups is 2. The molecule has 0 saturated heterocycles. The van der Waals surface area contributed by atoms with Crippen molar-refractivity contribution in [3.8, 4) is 17.6 Å². The van der Waals surface area contributed by atoms with Gasteiger partial charge in [0.1, 0.15) is 11.3 Å². The SMILES string of the molecule is CC#CC(=O)Nc1ccc(O)c(C(=O)O)c1. The van der Waals surface area contributed by atoms with Gasteiger partial charge in [-0.05, 0) is 31.0 Å².